The van der Waals surface area contributed by atoms with Crippen LogP contribution in [-0.4, -0.2) is 28.9 Å². The zero-order valence-electron chi connectivity index (χ0n) is 38.0. The summed E-state index contributed by atoms with van der Waals surface area (Å²) in [6.45, 7) is 11.1. The number of alkyl halides is 4. The Morgan fingerprint density at radius 3 is 1.16 bits per heavy atom. The van der Waals surface area contributed by atoms with Gasteiger partial charge in [-0.2, -0.15) is 4.83 Å². The van der Waals surface area contributed by atoms with Gasteiger partial charge in [0, 0.05) is 0 Å². The normalized spacial score (nSPS) is 16.4. The van der Waals surface area contributed by atoms with Crippen molar-refractivity contribution in [3.63, 3.8) is 0 Å². The van der Waals surface area contributed by atoms with Crippen molar-refractivity contribution < 1.29 is 53.4 Å². The maximum atomic E-state index is 17.0. The Balaban J connectivity index is 0.00000141. The molecule has 20 heteroatoms. The molecule has 7 rings (SSSR count). The molecule has 0 bridgehead atoms. The summed E-state index contributed by atoms with van der Waals surface area (Å²) < 4.78 is 175. The number of hydrogen-bond donors (Lipinski definition) is 0. The van der Waals surface area contributed by atoms with Gasteiger partial charge >= 0.3 is 6.55 Å². The average molecular weight is 1070 g/mol. The fourth-order valence-electron chi connectivity index (χ4n) is 9.21. The molecular formula is C49H44BCl4F10N2O2P. The van der Waals surface area contributed by atoms with Crippen molar-refractivity contribution in [2.45, 2.75) is 54.0 Å². The first-order chi connectivity index (χ1) is 32.5. The summed E-state index contributed by atoms with van der Waals surface area (Å²) in [6.07, 6.45) is 1.21. The summed E-state index contributed by atoms with van der Waals surface area (Å²) in [5, 5.41) is 2.33. The number of benzene rings is 6. The fraction of sp³-hybridized carbons (Fsp3) is 0.224. The van der Waals surface area contributed by atoms with Crippen LogP contribution in [0.3, 0.4) is 0 Å². The molecule has 0 N–H and O–H groups in total. The molecule has 1 atom stereocenters. The maximum absolute atomic E-state index is 17.0. The lowest BCUT2D eigenvalue weighted by molar-refractivity contribution is 0.141. The summed E-state index contributed by atoms with van der Waals surface area (Å²) in [4.78, 5) is 1.09. The van der Waals surface area contributed by atoms with Gasteiger partial charge in [-0.05, 0) is 95.0 Å². The number of halogens is 14. The molecule has 1 aliphatic rings. The molecule has 368 valence electrons. The number of nitrogens with zero attached hydrogens (tertiary/aromatic N) is 2. The van der Waals surface area contributed by atoms with Crippen LogP contribution in [0.4, 0.5) is 55.3 Å². The van der Waals surface area contributed by atoms with E-state index in [9.17, 15) is 0 Å². The maximum Gasteiger partial charge on any atom is 0.355 e. The van der Waals surface area contributed by atoms with Crippen molar-refractivity contribution in [1.29, 1.82) is 0 Å². The smallest absolute Gasteiger partial charge is 0.355 e. The highest BCUT2D eigenvalue weighted by atomic mass is 35.5. The van der Waals surface area contributed by atoms with Crippen LogP contribution in [-0.2, 0) is 9.51 Å². The first-order valence-corrected chi connectivity index (χ1v) is 24.8. The third-order valence-electron chi connectivity index (χ3n) is 11.5. The molecule has 0 aromatic heterocycles. The van der Waals surface area contributed by atoms with E-state index in [1.807, 2.05) is 38.1 Å². The Bertz CT molecular complexity index is 2640. The number of para-hydroxylation sites is 2. The molecule has 0 spiro atoms. The highest BCUT2D eigenvalue weighted by molar-refractivity contribution is 7.91. The first kappa shape index (κ1) is 55.5. The minimum atomic E-state index is -5.47. The fourth-order valence-corrected chi connectivity index (χ4v) is 14.8. The van der Waals surface area contributed by atoms with Crippen LogP contribution in [0.15, 0.2) is 97.6 Å². The lowest BCUT2D eigenvalue weighted by Gasteiger charge is -2.58. The van der Waals surface area contributed by atoms with Crippen molar-refractivity contribution in [2.24, 2.45) is 0 Å². The summed E-state index contributed by atoms with van der Waals surface area (Å²) >= 11 is 19.1. The number of aryl methyl sites for hydroxylation is 6. The third-order valence-corrected chi connectivity index (χ3v) is 16.4. The second-order valence-electron chi connectivity index (χ2n) is 16.3. The monoisotopic (exact) mass is 1060 g/mol. The summed E-state index contributed by atoms with van der Waals surface area (Å²) in [5.41, 5.74) is -2.13. The van der Waals surface area contributed by atoms with Crippen LogP contribution in [0.2, 0.25) is 0 Å². The van der Waals surface area contributed by atoms with Crippen LogP contribution >= 0.6 is 53.8 Å². The Labute approximate surface area is 414 Å². The Hall–Kier alpha value is -4.47. The van der Waals surface area contributed by atoms with E-state index in [2.05, 4.69) is 6.58 Å². The Morgan fingerprint density at radius 2 is 0.841 bits per heavy atom. The molecule has 0 aliphatic carbocycles. The molecule has 0 unspecified atom stereocenters. The average Bonchev–Trinajstić information content (AvgIpc) is 3.29. The predicted octanol–water partition coefficient (Wildman–Crippen LogP) is 13.7. The van der Waals surface area contributed by atoms with Gasteiger partial charge in [0.05, 0.1) is 16.4 Å². The highest BCUT2D eigenvalue weighted by Gasteiger charge is 2.63. The van der Waals surface area contributed by atoms with E-state index < -0.39 is 88.6 Å². The Morgan fingerprint density at radius 1 is 0.536 bits per heavy atom. The second kappa shape index (κ2) is 22.3. The summed E-state index contributed by atoms with van der Waals surface area (Å²) in [5.74, 6) is -26.8. The Kier molecular flexibility index (Phi) is 17.9. The number of rotatable bonds is 7. The van der Waals surface area contributed by atoms with E-state index in [0.29, 0.717) is 32.9 Å². The standard InChI is InChI=1S/C47H40BF10N2O2P.2CH2Cl2/c1-9-47(8)24-63(45-27(4)20-25(2)21-28(45)5,46-29(6)22-26(3)23-30(46)7)60(32-18-14-11-15-19-32)62-48(61-59(47)31-16-12-10-13-17-31,33-35(49)39(53)43(57)40(54)36(33)50)34-37(51)41(55)44(58)42(56)38(34)52;2*2-1-3/h9-23H,1,24H2,2-8H3;2*1H2/t47-;;/m1../s1. The highest BCUT2D eigenvalue weighted by Crippen LogP contribution is 2.67. The number of hydrogen-bond acceptors (Lipinski definition) is 4. The van der Waals surface area contributed by atoms with Crippen LogP contribution in [0.25, 0.3) is 0 Å². The minimum absolute atomic E-state index is 0.0215. The quantitative estimate of drug-likeness (QED) is 0.0303. The molecule has 1 aliphatic heterocycles. The van der Waals surface area contributed by atoms with Crippen LogP contribution in [0, 0.1) is 99.7 Å². The van der Waals surface area contributed by atoms with Crippen molar-refractivity contribution in [3.05, 3.63) is 189 Å². The molecule has 1 fully saturated rings. The van der Waals surface area contributed by atoms with Gasteiger partial charge in [-0.1, -0.05) is 88.8 Å². The SMILES string of the molecule is C=C[C@]1(C)C[P+](c2c(C)cc(C)cc2C)(c2c(C)cc(C)cc2C)N(c2ccccc2)O[B-](c2c(F)c(F)c(F)c(F)c2F)(c2c(F)c(F)c(F)c(F)c2F)ON1c1ccccc1.ClCCl.ClCCl. The van der Waals surface area contributed by atoms with Crippen molar-refractivity contribution in [1.82, 2.24) is 0 Å². The molecular weight excluding hydrogens is 1020 g/mol. The molecule has 0 amide bonds. The predicted molar refractivity (Wildman–Crippen MR) is 262 cm³/mol. The largest absolute Gasteiger partial charge is 0.445 e. The number of anilines is 2. The molecule has 6 aromatic rings. The number of hydroxylamine groups is 1. The summed E-state index contributed by atoms with van der Waals surface area (Å²) in [7, 11) is -4.01. The first-order valence-electron chi connectivity index (χ1n) is 20.7. The molecule has 0 saturated carbocycles. The van der Waals surface area contributed by atoms with Crippen molar-refractivity contribution in [3.8, 4) is 0 Å². The molecule has 69 heavy (non-hydrogen) atoms. The molecule has 4 nitrogen and oxygen atoms in total. The lowest BCUT2D eigenvalue weighted by atomic mass is 9.45. The van der Waals surface area contributed by atoms with E-state index in [1.54, 1.807) is 46.8 Å². The van der Waals surface area contributed by atoms with Crippen molar-refractivity contribution >= 4 is 93.3 Å². The van der Waals surface area contributed by atoms with Crippen LogP contribution in [0.5, 0.6) is 0 Å². The van der Waals surface area contributed by atoms with E-state index >= 15 is 43.9 Å². The van der Waals surface area contributed by atoms with Crippen LogP contribution in [0.1, 0.15) is 40.3 Å². The van der Waals surface area contributed by atoms with E-state index in [1.165, 1.54) is 54.6 Å². The molecule has 6 aromatic carbocycles. The minimum Gasteiger partial charge on any atom is -0.445 e. The van der Waals surface area contributed by atoms with Gasteiger partial charge < -0.3 is 9.51 Å². The van der Waals surface area contributed by atoms with Crippen molar-refractivity contribution in [2.75, 3.05) is 26.7 Å². The molecule has 0 radical (unpaired) electrons. The topological polar surface area (TPSA) is 24.9 Å². The van der Waals surface area contributed by atoms with Gasteiger partial charge in [0.1, 0.15) is 51.3 Å². The zero-order chi connectivity index (χ0) is 51.5. The summed E-state index contributed by atoms with van der Waals surface area (Å²) in [6, 6.07) is 22.3. The van der Waals surface area contributed by atoms with E-state index in [-0.39, 0.29) is 28.2 Å². The van der Waals surface area contributed by atoms with Gasteiger partial charge in [-0.15, -0.1) is 53.0 Å². The molecule has 1 saturated heterocycles. The van der Waals surface area contributed by atoms with Gasteiger partial charge in [0.2, 0.25) is 0 Å². The van der Waals surface area contributed by atoms with E-state index in [4.69, 9.17) is 55.9 Å². The zero-order valence-corrected chi connectivity index (χ0v) is 41.9. The van der Waals surface area contributed by atoms with E-state index in [0.717, 1.165) is 21.0 Å². The lowest BCUT2D eigenvalue weighted by Crippen LogP contribution is -2.75. The van der Waals surface area contributed by atoms with Gasteiger partial charge in [-0.25, -0.2) is 43.9 Å². The third kappa shape index (κ3) is 10.1. The second-order valence-corrected chi connectivity index (χ2v) is 21.0. The molecule has 1 heterocycles. The van der Waals surface area contributed by atoms with Gasteiger partial charge in [-0.3, -0.25) is 5.06 Å². The van der Waals surface area contributed by atoms with Crippen LogP contribution < -0.4 is 31.4 Å². The van der Waals surface area contributed by atoms with Gasteiger partial charge in [0.25, 0.3) is 0 Å². The van der Waals surface area contributed by atoms with Gasteiger partial charge in [0.15, 0.2) is 42.3 Å².